The Morgan fingerprint density at radius 2 is 2.12 bits per heavy atom. The molecular formula is C12H13ClN2S. The highest BCUT2D eigenvalue weighted by Crippen LogP contribution is 2.24. The lowest BCUT2D eigenvalue weighted by atomic mass is 10.1. The fraction of sp³-hybridized carbons (Fsp3) is 0.250. The van der Waals surface area contributed by atoms with Crippen molar-refractivity contribution < 1.29 is 0 Å². The first-order valence-electron chi connectivity index (χ1n) is 5.09. The first kappa shape index (κ1) is 11.6. The van der Waals surface area contributed by atoms with Crippen LogP contribution in [0.2, 0.25) is 5.02 Å². The summed E-state index contributed by atoms with van der Waals surface area (Å²) in [5, 5.41) is 1.80. The van der Waals surface area contributed by atoms with E-state index in [1.165, 1.54) is 4.88 Å². The second-order valence-electron chi connectivity index (χ2n) is 3.59. The first-order chi connectivity index (χ1) is 7.70. The summed E-state index contributed by atoms with van der Waals surface area (Å²) in [6, 6.07) is 7.90. The summed E-state index contributed by atoms with van der Waals surface area (Å²) >= 11 is 7.79. The molecule has 0 aliphatic carbocycles. The number of hydrogen-bond donors (Lipinski definition) is 1. The zero-order valence-electron chi connectivity index (χ0n) is 9.03. The average molecular weight is 253 g/mol. The molecule has 1 aromatic heterocycles. The van der Waals surface area contributed by atoms with Gasteiger partial charge in [0.25, 0.3) is 0 Å². The van der Waals surface area contributed by atoms with Crippen molar-refractivity contribution in [3.8, 4) is 0 Å². The molecule has 16 heavy (non-hydrogen) atoms. The Hall–Kier alpha value is -0.900. The van der Waals surface area contributed by atoms with Gasteiger partial charge < -0.3 is 5.73 Å². The summed E-state index contributed by atoms with van der Waals surface area (Å²) < 4.78 is 0. The fourth-order valence-corrected chi connectivity index (χ4v) is 2.73. The predicted molar refractivity (Wildman–Crippen MR) is 69.0 cm³/mol. The summed E-state index contributed by atoms with van der Waals surface area (Å²) in [6.07, 6.45) is 0.836. The SMILES string of the molecule is Cc1nc(CN)sc1Cc1ccccc1Cl. The van der Waals surface area contributed by atoms with E-state index in [-0.39, 0.29) is 0 Å². The average Bonchev–Trinajstić information content (AvgIpc) is 2.63. The Labute approximate surface area is 104 Å². The molecule has 84 valence electrons. The van der Waals surface area contributed by atoms with Gasteiger partial charge in [0, 0.05) is 22.9 Å². The third-order valence-electron chi connectivity index (χ3n) is 2.42. The second-order valence-corrected chi connectivity index (χ2v) is 5.16. The van der Waals surface area contributed by atoms with Gasteiger partial charge in [-0.1, -0.05) is 29.8 Å². The van der Waals surface area contributed by atoms with Gasteiger partial charge >= 0.3 is 0 Å². The van der Waals surface area contributed by atoms with Crippen molar-refractivity contribution in [1.29, 1.82) is 0 Å². The van der Waals surface area contributed by atoms with E-state index in [1.54, 1.807) is 11.3 Å². The van der Waals surface area contributed by atoms with Crippen LogP contribution in [0.15, 0.2) is 24.3 Å². The van der Waals surface area contributed by atoms with Crippen LogP contribution in [0, 0.1) is 6.92 Å². The second kappa shape index (κ2) is 4.95. The molecule has 2 nitrogen and oxygen atoms in total. The highest BCUT2D eigenvalue weighted by atomic mass is 35.5. The van der Waals surface area contributed by atoms with E-state index in [0.717, 1.165) is 27.7 Å². The third kappa shape index (κ3) is 2.43. The standard InChI is InChI=1S/C12H13ClN2S/c1-8-11(16-12(7-14)15-8)6-9-4-2-3-5-10(9)13/h2-5H,6-7,14H2,1H3. The van der Waals surface area contributed by atoms with Crippen molar-refractivity contribution in [2.75, 3.05) is 0 Å². The molecule has 2 rings (SSSR count). The number of thiazole rings is 1. The van der Waals surface area contributed by atoms with Crippen LogP contribution in [0.5, 0.6) is 0 Å². The molecule has 0 fully saturated rings. The summed E-state index contributed by atoms with van der Waals surface area (Å²) in [5.41, 5.74) is 7.78. The van der Waals surface area contributed by atoms with Gasteiger partial charge in [0.1, 0.15) is 5.01 Å². The maximum atomic E-state index is 6.13. The molecule has 1 heterocycles. The molecule has 0 amide bonds. The van der Waals surface area contributed by atoms with E-state index in [4.69, 9.17) is 17.3 Å². The van der Waals surface area contributed by atoms with Gasteiger partial charge in [-0.3, -0.25) is 0 Å². The van der Waals surface area contributed by atoms with E-state index in [1.807, 2.05) is 31.2 Å². The highest BCUT2D eigenvalue weighted by molar-refractivity contribution is 7.11. The minimum Gasteiger partial charge on any atom is -0.325 e. The van der Waals surface area contributed by atoms with Crippen molar-refractivity contribution in [3.63, 3.8) is 0 Å². The number of aryl methyl sites for hydroxylation is 1. The zero-order valence-corrected chi connectivity index (χ0v) is 10.6. The third-order valence-corrected chi connectivity index (χ3v) is 3.97. The Morgan fingerprint density at radius 1 is 1.38 bits per heavy atom. The topological polar surface area (TPSA) is 38.9 Å². The molecule has 4 heteroatoms. The molecule has 0 radical (unpaired) electrons. The number of hydrogen-bond acceptors (Lipinski definition) is 3. The lowest BCUT2D eigenvalue weighted by Gasteiger charge is -2.01. The van der Waals surface area contributed by atoms with Gasteiger partial charge in [0.05, 0.1) is 5.69 Å². The largest absolute Gasteiger partial charge is 0.325 e. The molecule has 0 unspecified atom stereocenters. The van der Waals surface area contributed by atoms with Crippen LogP contribution in [-0.4, -0.2) is 4.98 Å². The lowest BCUT2D eigenvalue weighted by molar-refractivity contribution is 1.01. The maximum absolute atomic E-state index is 6.13. The summed E-state index contributed by atoms with van der Waals surface area (Å²) in [7, 11) is 0. The summed E-state index contributed by atoms with van der Waals surface area (Å²) in [5.74, 6) is 0. The number of nitrogens with two attached hydrogens (primary N) is 1. The van der Waals surface area contributed by atoms with Crippen LogP contribution in [0.1, 0.15) is 21.1 Å². The van der Waals surface area contributed by atoms with Crippen LogP contribution in [0.25, 0.3) is 0 Å². The van der Waals surface area contributed by atoms with Crippen molar-refractivity contribution in [1.82, 2.24) is 4.98 Å². The minimum atomic E-state index is 0.508. The van der Waals surface area contributed by atoms with Crippen LogP contribution < -0.4 is 5.73 Å². The quantitative estimate of drug-likeness (QED) is 0.912. The molecule has 2 N–H and O–H groups in total. The first-order valence-corrected chi connectivity index (χ1v) is 6.29. The van der Waals surface area contributed by atoms with Gasteiger partial charge in [-0.2, -0.15) is 0 Å². The van der Waals surface area contributed by atoms with Gasteiger partial charge in [-0.25, -0.2) is 4.98 Å². The number of halogens is 1. The molecule has 1 aromatic carbocycles. The van der Waals surface area contributed by atoms with Crippen molar-refractivity contribution in [2.45, 2.75) is 19.9 Å². The Morgan fingerprint density at radius 3 is 2.75 bits per heavy atom. The fourth-order valence-electron chi connectivity index (χ4n) is 1.55. The van der Waals surface area contributed by atoms with E-state index in [2.05, 4.69) is 4.98 Å². The van der Waals surface area contributed by atoms with Gasteiger partial charge in [0.2, 0.25) is 0 Å². The number of nitrogens with zero attached hydrogens (tertiary/aromatic N) is 1. The zero-order chi connectivity index (χ0) is 11.5. The van der Waals surface area contributed by atoms with Crippen LogP contribution >= 0.6 is 22.9 Å². The molecular weight excluding hydrogens is 240 g/mol. The summed E-state index contributed by atoms with van der Waals surface area (Å²) in [6.45, 7) is 2.52. The maximum Gasteiger partial charge on any atom is 0.107 e. The monoisotopic (exact) mass is 252 g/mol. The summed E-state index contributed by atoms with van der Waals surface area (Å²) in [4.78, 5) is 5.65. The van der Waals surface area contributed by atoms with E-state index >= 15 is 0 Å². The Bertz CT molecular complexity index is 494. The van der Waals surface area contributed by atoms with Crippen LogP contribution in [-0.2, 0) is 13.0 Å². The molecule has 0 aliphatic heterocycles. The molecule has 0 saturated carbocycles. The number of aromatic nitrogens is 1. The molecule has 0 saturated heterocycles. The highest BCUT2D eigenvalue weighted by Gasteiger charge is 2.08. The molecule has 0 atom stereocenters. The molecule has 2 aromatic rings. The van der Waals surface area contributed by atoms with E-state index < -0.39 is 0 Å². The lowest BCUT2D eigenvalue weighted by Crippen LogP contribution is -1.94. The van der Waals surface area contributed by atoms with Crippen molar-refractivity contribution in [2.24, 2.45) is 5.73 Å². The Kier molecular flexibility index (Phi) is 3.59. The van der Waals surface area contributed by atoms with E-state index in [9.17, 15) is 0 Å². The molecule has 0 aliphatic rings. The normalized spacial score (nSPS) is 10.7. The molecule has 0 bridgehead atoms. The van der Waals surface area contributed by atoms with Gasteiger partial charge in [-0.05, 0) is 18.6 Å². The van der Waals surface area contributed by atoms with Crippen LogP contribution in [0.3, 0.4) is 0 Å². The van der Waals surface area contributed by atoms with Gasteiger partial charge in [0.15, 0.2) is 0 Å². The van der Waals surface area contributed by atoms with Crippen LogP contribution in [0.4, 0.5) is 0 Å². The smallest absolute Gasteiger partial charge is 0.107 e. The number of rotatable bonds is 3. The Balaban J connectivity index is 2.27. The minimum absolute atomic E-state index is 0.508. The molecule has 0 spiro atoms. The predicted octanol–water partition coefficient (Wildman–Crippen LogP) is 3.15. The van der Waals surface area contributed by atoms with E-state index in [0.29, 0.717) is 6.54 Å². The van der Waals surface area contributed by atoms with Crippen molar-refractivity contribution in [3.05, 3.63) is 50.4 Å². The van der Waals surface area contributed by atoms with Gasteiger partial charge in [-0.15, -0.1) is 11.3 Å². The van der Waals surface area contributed by atoms with Crippen molar-refractivity contribution >= 4 is 22.9 Å². The number of benzene rings is 1.